The minimum Gasteiger partial charge on any atom is -0.353 e. The van der Waals surface area contributed by atoms with Crippen molar-refractivity contribution in [2.75, 3.05) is 25.0 Å². The number of aromatic nitrogens is 6. The zero-order chi connectivity index (χ0) is 23.3. The molecule has 1 aliphatic heterocycles. The Bertz CT molecular complexity index is 1370. The molecule has 1 fully saturated rings. The third-order valence-electron chi connectivity index (χ3n) is 5.43. The third kappa shape index (κ3) is 3.73. The quantitative estimate of drug-likeness (QED) is 0.426. The van der Waals surface area contributed by atoms with E-state index in [4.69, 9.17) is 0 Å². The predicted molar refractivity (Wildman–Crippen MR) is 114 cm³/mol. The van der Waals surface area contributed by atoms with E-state index in [1.165, 1.54) is 16.6 Å². The van der Waals surface area contributed by atoms with Gasteiger partial charge in [-0.05, 0) is 19.1 Å². The SMILES string of the molecule is Cc1nn(C)cc1-c1nc2c3cccc(C(F)(F)F)c3nc(N[C@@H]3CNCCNC3=O)n2n1. The van der Waals surface area contributed by atoms with E-state index in [2.05, 4.69) is 36.1 Å². The highest BCUT2D eigenvalue weighted by atomic mass is 19.4. The number of rotatable bonds is 3. The summed E-state index contributed by atoms with van der Waals surface area (Å²) >= 11 is 0. The molecule has 0 unspecified atom stereocenters. The summed E-state index contributed by atoms with van der Waals surface area (Å²) in [7, 11) is 1.75. The van der Waals surface area contributed by atoms with Crippen molar-refractivity contribution in [1.29, 1.82) is 0 Å². The van der Waals surface area contributed by atoms with Gasteiger partial charge in [0.2, 0.25) is 11.9 Å². The summed E-state index contributed by atoms with van der Waals surface area (Å²) in [4.78, 5) is 21.2. The van der Waals surface area contributed by atoms with E-state index in [1.54, 1.807) is 24.9 Å². The van der Waals surface area contributed by atoms with Crippen LogP contribution in [0.25, 0.3) is 27.9 Å². The summed E-state index contributed by atoms with van der Waals surface area (Å²) < 4.78 is 44.2. The van der Waals surface area contributed by atoms with Gasteiger partial charge in [0.25, 0.3) is 0 Å². The molecule has 4 heterocycles. The number of nitrogens with zero attached hydrogens (tertiary/aromatic N) is 6. The highest BCUT2D eigenvalue weighted by molar-refractivity contribution is 5.95. The van der Waals surface area contributed by atoms with Crippen LogP contribution in [0.2, 0.25) is 0 Å². The van der Waals surface area contributed by atoms with Gasteiger partial charge in [-0.2, -0.15) is 22.8 Å². The molecule has 3 N–H and O–H groups in total. The van der Waals surface area contributed by atoms with Crippen molar-refractivity contribution >= 4 is 28.4 Å². The Morgan fingerprint density at radius 3 is 2.73 bits per heavy atom. The van der Waals surface area contributed by atoms with Gasteiger partial charge in [-0.25, -0.2) is 9.97 Å². The summed E-state index contributed by atoms with van der Waals surface area (Å²) in [6.45, 7) is 3.09. The van der Waals surface area contributed by atoms with Gasteiger partial charge in [-0.3, -0.25) is 9.48 Å². The summed E-state index contributed by atoms with van der Waals surface area (Å²) in [6, 6.07) is 3.04. The zero-order valence-electron chi connectivity index (χ0n) is 17.7. The Morgan fingerprint density at radius 1 is 1.18 bits per heavy atom. The maximum Gasteiger partial charge on any atom is 0.418 e. The summed E-state index contributed by atoms with van der Waals surface area (Å²) in [5.41, 5.74) is 0.332. The Morgan fingerprint density at radius 2 is 2.00 bits per heavy atom. The van der Waals surface area contributed by atoms with Gasteiger partial charge in [0.15, 0.2) is 11.5 Å². The first kappa shape index (κ1) is 21.1. The number of nitrogens with one attached hydrogen (secondary N) is 3. The lowest BCUT2D eigenvalue weighted by Gasteiger charge is -2.17. The van der Waals surface area contributed by atoms with Crippen molar-refractivity contribution in [2.24, 2.45) is 7.05 Å². The van der Waals surface area contributed by atoms with Crippen LogP contribution in [0.1, 0.15) is 11.3 Å². The van der Waals surface area contributed by atoms with Crippen LogP contribution in [0.3, 0.4) is 0 Å². The Balaban J connectivity index is 1.75. The van der Waals surface area contributed by atoms with Gasteiger partial charge >= 0.3 is 6.18 Å². The van der Waals surface area contributed by atoms with Gasteiger partial charge in [0.05, 0.1) is 22.3 Å². The molecule has 10 nitrogen and oxygen atoms in total. The Hall–Kier alpha value is -3.74. The van der Waals surface area contributed by atoms with E-state index in [0.717, 1.165) is 6.07 Å². The molecule has 1 atom stereocenters. The fourth-order valence-corrected chi connectivity index (χ4v) is 3.90. The minimum absolute atomic E-state index is 0.0154. The van der Waals surface area contributed by atoms with Crippen molar-refractivity contribution in [3.63, 3.8) is 0 Å². The molecule has 0 radical (unpaired) electrons. The van der Waals surface area contributed by atoms with Gasteiger partial charge in [0, 0.05) is 38.3 Å². The van der Waals surface area contributed by atoms with Crippen LogP contribution in [-0.2, 0) is 18.0 Å². The van der Waals surface area contributed by atoms with E-state index < -0.39 is 17.8 Å². The number of para-hydroxylation sites is 1. The van der Waals surface area contributed by atoms with E-state index >= 15 is 0 Å². The fraction of sp³-hybridized carbons (Fsp3) is 0.350. The van der Waals surface area contributed by atoms with Gasteiger partial charge < -0.3 is 16.0 Å². The number of aryl methyl sites for hydroxylation is 2. The minimum atomic E-state index is -4.62. The lowest BCUT2D eigenvalue weighted by atomic mass is 10.1. The maximum atomic E-state index is 13.8. The van der Waals surface area contributed by atoms with Crippen molar-refractivity contribution < 1.29 is 18.0 Å². The molecule has 172 valence electrons. The Kier molecular flexibility index (Phi) is 4.92. The van der Waals surface area contributed by atoms with Crippen LogP contribution in [0.15, 0.2) is 24.4 Å². The molecule has 0 spiro atoms. The van der Waals surface area contributed by atoms with E-state index in [0.29, 0.717) is 30.2 Å². The second-order valence-corrected chi connectivity index (χ2v) is 7.80. The van der Waals surface area contributed by atoms with Crippen LogP contribution in [-0.4, -0.2) is 60.9 Å². The normalized spacial score (nSPS) is 17.4. The molecule has 1 aliphatic rings. The number of benzene rings is 1. The molecule has 0 aliphatic carbocycles. The van der Waals surface area contributed by atoms with Crippen LogP contribution in [0, 0.1) is 6.92 Å². The van der Waals surface area contributed by atoms with E-state index in [-0.39, 0.29) is 35.0 Å². The maximum absolute atomic E-state index is 13.8. The third-order valence-corrected chi connectivity index (χ3v) is 5.43. The van der Waals surface area contributed by atoms with E-state index in [9.17, 15) is 18.0 Å². The van der Waals surface area contributed by atoms with Crippen LogP contribution >= 0.6 is 0 Å². The number of carbonyl (C=O) groups is 1. The van der Waals surface area contributed by atoms with Crippen molar-refractivity contribution in [3.05, 3.63) is 35.7 Å². The lowest BCUT2D eigenvalue weighted by Crippen LogP contribution is -2.42. The summed E-state index contributed by atoms with van der Waals surface area (Å²) in [5.74, 6) is -0.0141. The van der Waals surface area contributed by atoms with Crippen molar-refractivity contribution in [2.45, 2.75) is 19.1 Å². The molecule has 13 heteroatoms. The molecule has 0 bridgehead atoms. The first-order chi connectivity index (χ1) is 15.7. The number of anilines is 1. The number of amides is 1. The summed E-state index contributed by atoms with van der Waals surface area (Å²) in [5, 5.41) is 17.8. The number of fused-ring (bicyclic) bond motifs is 3. The predicted octanol–water partition coefficient (Wildman–Crippen LogP) is 1.51. The lowest BCUT2D eigenvalue weighted by molar-refractivity contribution is -0.136. The van der Waals surface area contributed by atoms with Crippen molar-refractivity contribution in [1.82, 2.24) is 40.0 Å². The number of hydrogen-bond donors (Lipinski definition) is 3. The standard InChI is InChI=1S/C20H20F3N9O/c1-10-12(9-31(2)29-10)16-28-17-11-4-3-5-13(20(21,22)23)15(11)27-19(32(17)30-16)26-14-8-24-6-7-25-18(14)33/h3-5,9,14,24H,6-8H2,1-2H3,(H,25,33)(H,26,27)/t14-/m1/s1. The highest BCUT2D eigenvalue weighted by Gasteiger charge is 2.34. The van der Waals surface area contributed by atoms with Crippen LogP contribution in [0.4, 0.5) is 19.1 Å². The van der Waals surface area contributed by atoms with Gasteiger partial charge in [-0.1, -0.05) is 6.07 Å². The molecule has 4 aromatic rings. The fourth-order valence-electron chi connectivity index (χ4n) is 3.90. The molecule has 33 heavy (non-hydrogen) atoms. The molecule has 5 rings (SSSR count). The first-order valence-electron chi connectivity index (χ1n) is 10.2. The number of halogens is 3. The first-order valence-corrected chi connectivity index (χ1v) is 10.2. The number of alkyl halides is 3. The topological polar surface area (TPSA) is 114 Å². The average Bonchev–Trinajstić information content (AvgIpc) is 3.28. The zero-order valence-corrected chi connectivity index (χ0v) is 17.7. The Labute approximate surface area is 185 Å². The molecule has 1 aromatic carbocycles. The van der Waals surface area contributed by atoms with Crippen LogP contribution in [0.5, 0.6) is 0 Å². The van der Waals surface area contributed by atoms with Gasteiger partial charge in [-0.15, -0.1) is 5.10 Å². The summed E-state index contributed by atoms with van der Waals surface area (Å²) in [6.07, 6.45) is -2.89. The largest absolute Gasteiger partial charge is 0.418 e. The van der Waals surface area contributed by atoms with Crippen LogP contribution < -0.4 is 16.0 Å². The average molecular weight is 459 g/mol. The molecule has 3 aromatic heterocycles. The molecule has 1 saturated heterocycles. The monoisotopic (exact) mass is 459 g/mol. The van der Waals surface area contributed by atoms with Gasteiger partial charge in [0.1, 0.15) is 6.04 Å². The smallest absolute Gasteiger partial charge is 0.353 e. The molecular formula is C20H20F3N9O. The second-order valence-electron chi connectivity index (χ2n) is 7.80. The highest BCUT2D eigenvalue weighted by Crippen LogP contribution is 2.36. The molecule has 1 amide bonds. The molecule has 0 saturated carbocycles. The molecular weight excluding hydrogens is 439 g/mol. The number of hydrogen-bond acceptors (Lipinski definition) is 7. The second kappa shape index (κ2) is 7.69. The van der Waals surface area contributed by atoms with E-state index in [1.807, 2.05) is 0 Å². The number of carbonyl (C=O) groups excluding carboxylic acids is 1. The van der Waals surface area contributed by atoms with Crippen molar-refractivity contribution in [3.8, 4) is 11.4 Å².